The van der Waals surface area contributed by atoms with Crippen molar-refractivity contribution in [1.82, 2.24) is 4.98 Å². The van der Waals surface area contributed by atoms with Crippen molar-refractivity contribution < 1.29 is 9.53 Å². The molecule has 2 rings (SSSR count). The first-order valence-electron chi connectivity index (χ1n) is 5.93. The Balaban J connectivity index is 2.09. The molecule has 0 radical (unpaired) electrons. The van der Waals surface area contributed by atoms with Gasteiger partial charge in [0.2, 0.25) is 0 Å². The topological polar surface area (TPSA) is 54.1 Å². The number of esters is 1. The molecule has 1 aromatic heterocycles. The molecule has 18 heavy (non-hydrogen) atoms. The van der Waals surface area contributed by atoms with Crippen LogP contribution in [0.4, 0.5) is 5.69 Å². The van der Waals surface area contributed by atoms with Crippen LogP contribution in [0.3, 0.4) is 0 Å². The van der Waals surface area contributed by atoms with Crippen molar-refractivity contribution in [2.45, 2.75) is 13.5 Å². The summed E-state index contributed by atoms with van der Waals surface area (Å²) in [5.74, 6) is -0.299. The van der Waals surface area contributed by atoms with Crippen LogP contribution in [0.5, 0.6) is 0 Å². The average Bonchev–Trinajstić information content (AvgIpc) is 2.90. The molecule has 2 N–H and O–H groups in total. The molecule has 1 aromatic carbocycles. The van der Waals surface area contributed by atoms with E-state index in [9.17, 15) is 4.79 Å². The summed E-state index contributed by atoms with van der Waals surface area (Å²) in [6.07, 6.45) is 1.87. The number of hydrogen-bond donors (Lipinski definition) is 2. The number of carbonyl (C=O) groups is 1. The number of para-hydroxylation sites is 1. The second-order valence-electron chi connectivity index (χ2n) is 3.81. The van der Waals surface area contributed by atoms with E-state index in [0.29, 0.717) is 18.7 Å². The maximum absolute atomic E-state index is 11.8. The summed E-state index contributed by atoms with van der Waals surface area (Å²) >= 11 is 0. The molecule has 0 saturated heterocycles. The van der Waals surface area contributed by atoms with E-state index in [4.69, 9.17) is 4.74 Å². The van der Waals surface area contributed by atoms with Gasteiger partial charge in [-0.2, -0.15) is 0 Å². The van der Waals surface area contributed by atoms with Crippen molar-refractivity contribution in [1.29, 1.82) is 0 Å². The molecular formula is C14H16N2O2. The molecule has 2 aromatic rings. The van der Waals surface area contributed by atoms with Crippen molar-refractivity contribution in [2.75, 3.05) is 11.9 Å². The smallest absolute Gasteiger partial charge is 0.340 e. The molecule has 0 aliphatic rings. The Labute approximate surface area is 106 Å². The van der Waals surface area contributed by atoms with Gasteiger partial charge in [0.25, 0.3) is 0 Å². The highest BCUT2D eigenvalue weighted by Crippen LogP contribution is 2.17. The van der Waals surface area contributed by atoms with Crippen molar-refractivity contribution in [3.63, 3.8) is 0 Å². The fourth-order valence-corrected chi connectivity index (χ4v) is 1.69. The van der Waals surface area contributed by atoms with Crippen molar-refractivity contribution >= 4 is 11.7 Å². The van der Waals surface area contributed by atoms with E-state index in [0.717, 1.165) is 11.4 Å². The Morgan fingerprint density at radius 2 is 2.11 bits per heavy atom. The number of H-pyrrole nitrogens is 1. The Morgan fingerprint density at radius 3 is 2.83 bits per heavy atom. The quantitative estimate of drug-likeness (QED) is 0.795. The van der Waals surface area contributed by atoms with Gasteiger partial charge in [0.1, 0.15) is 0 Å². The van der Waals surface area contributed by atoms with Crippen LogP contribution in [0, 0.1) is 0 Å². The first kappa shape index (κ1) is 12.2. The zero-order valence-electron chi connectivity index (χ0n) is 10.3. The molecule has 0 aliphatic carbocycles. The first-order chi connectivity index (χ1) is 8.81. The molecule has 0 aliphatic heterocycles. The van der Waals surface area contributed by atoms with Gasteiger partial charge in [-0.3, -0.25) is 0 Å². The third kappa shape index (κ3) is 2.91. The lowest BCUT2D eigenvalue weighted by Crippen LogP contribution is -2.09. The SMILES string of the molecule is CCOC(=O)c1ccccc1NCc1ccc[nH]1. The fraction of sp³-hybridized carbons (Fsp3) is 0.214. The van der Waals surface area contributed by atoms with E-state index in [1.54, 1.807) is 13.0 Å². The number of aromatic nitrogens is 1. The van der Waals surface area contributed by atoms with Gasteiger partial charge >= 0.3 is 5.97 Å². The predicted molar refractivity (Wildman–Crippen MR) is 70.5 cm³/mol. The number of rotatable bonds is 5. The number of benzene rings is 1. The summed E-state index contributed by atoms with van der Waals surface area (Å²) in [6, 6.07) is 11.3. The molecular weight excluding hydrogens is 228 g/mol. The van der Waals surface area contributed by atoms with Gasteiger partial charge < -0.3 is 15.0 Å². The minimum absolute atomic E-state index is 0.299. The Morgan fingerprint density at radius 1 is 1.28 bits per heavy atom. The van der Waals surface area contributed by atoms with Gasteiger partial charge in [-0.25, -0.2) is 4.79 Å². The number of aromatic amines is 1. The van der Waals surface area contributed by atoms with Crippen molar-refractivity contribution in [2.24, 2.45) is 0 Å². The summed E-state index contributed by atoms with van der Waals surface area (Å²) in [5, 5.41) is 3.22. The summed E-state index contributed by atoms with van der Waals surface area (Å²) < 4.78 is 5.02. The maximum atomic E-state index is 11.8. The largest absolute Gasteiger partial charge is 0.462 e. The van der Waals surface area contributed by atoms with Crippen molar-refractivity contribution in [3.8, 4) is 0 Å². The van der Waals surface area contributed by atoms with Crippen LogP contribution < -0.4 is 5.32 Å². The minimum atomic E-state index is -0.299. The van der Waals surface area contributed by atoms with Crippen LogP contribution in [0.25, 0.3) is 0 Å². The second kappa shape index (κ2) is 5.91. The predicted octanol–water partition coefficient (Wildman–Crippen LogP) is 2.80. The molecule has 94 valence electrons. The van der Waals surface area contributed by atoms with Gasteiger partial charge in [-0.1, -0.05) is 12.1 Å². The Bertz CT molecular complexity index is 506. The van der Waals surface area contributed by atoms with Gasteiger partial charge in [0.05, 0.1) is 18.7 Å². The van der Waals surface area contributed by atoms with Gasteiger partial charge in [-0.15, -0.1) is 0 Å². The van der Waals surface area contributed by atoms with Crippen LogP contribution in [0.15, 0.2) is 42.6 Å². The molecule has 0 amide bonds. The van der Waals surface area contributed by atoms with E-state index in [-0.39, 0.29) is 5.97 Å². The Kier molecular flexibility index (Phi) is 4.02. The van der Waals surface area contributed by atoms with Crippen LogP contribution in [0.1, 0.15) is 23.0 Å². The van der Waals surface area contributed by atoms with Crippen molar-refractivity contribution in [3.05, 3.63) is 53.9 Å². The number of anilines is 1. The van der Waals surface area contributed by atoms with E-state index in [1.165, 1.54) is 0 Å². The maximum Gasteiger partial charge on any atom is 0.340 e. The van der Waals surface area contributed by atoms with Gasteiger partial charge in [0, 0.05) is 17.6 Å². The molecule has 1 heterocycles. The first-order valence-corrected chi connectivity index (χ1v) is 5.93. The second-order valence-corrected chi connectivity index (χ2v) is 3.81. The molecule has 0 unspecified atom stereocenters. The number of hydrogen-bond acceptors (Lipinski definition) is 3. The van der Waals surface area contributed by atoms with Crippen LogP contribution in [-0.4, -0.2) is 17.6 Å². The van der Waals surface area contributed by atoms with E-state index >= 15 is 0 Å². The standard InChI is InChI=1S/C14H16N2O2/c1-2-18-14(17)12-7-3-4-8-13(12)16-10-11-6-5-9-15-11/h3-9,15-16H,2,10H2,1H3. The monoisotopic (exact) mass is 244 g/mol. The molecule has 0 spiro atoms. The third-order valence-corrected chi connectivity index (χ3v) is 2.55. The zero-order valence-corrected chi connectivity index (χ0v) is 10.3. The van der Waals surface area contributed by atoms with Crippen LogP contribution in [0.2, 0.25) is 0 Å². The lowest BCUT2D eigenvalue weighted by atomic mass is 10.2. The van der Waals surface area contributed by atoms with Gasteiger partial charge in [-0.05, 0) is 31.2 Å². The highest BCUT2D eigenvalue weighted by atomic mass is 16.5. The van der Waals surface area contributed by atoms with Gasteiger partial charge in [0.15, 0.2) is 0 Å². The molecule has 4 nitrogen and oxygen atoms in total. The summed E-state index contributed by atoms with van der Waals surface area (Å²) in [7, 11) is 0. The number of nitrogens with one attached hydrogen (secondary N) is 2. The molecule has 0 bridgehead atoms. The summed E-state index contributed by atoms with van der Waals surface area (Å²) in [4.78, 5) is 14.9. The number of carbonyl (C=O) groups excluding carboxylic acids is 1. The molecule has 0 atom stereocenters. The third-order valence-electron chi connectivity index (χ3n) is 2.55. The zero-order chi connectivity index (χ0) is 12.8. The average molecular weight is 244 g/mol. The van der Waals surface area contributed by atoms with E-state index in [2.05, 4.69) is 10.3 Å². The molecule has 4 heteroatoms. The Hall–Kier alpha value is -2.23. The minimum Gasteiger partial charge on any atom is -0.462 e. The highest BCUT2D eigenvalue weighted by molar-refractivity contribution is 5.95. The van der Waals surface area contributed by atoms with E-state index < -0.39 is 0 Å². The lowest BCUT2D eigenvalue weighted by Gasteiger charge is -2.10. The summed E-state index contributed by atoms with van der Waals surface area (Å²) in [6.45, 7) is 2.82. The molecule has 0 fully saturated rings. The lowest BCUT2D eigenvalue weighted by molar-refractivity contribution is 0.0527. The van der Waals surface area contributed by atoms with Crippen LogP contribution >= 0.6 is 0 Å². The van der Waals surface area contributed by atoms with E-state index in [1.807, 2.05) is 36.5 Å². The van der Waals surface area contributed by atoms with Crippen LogP contribution in [-0.2, 0) is 11.3 Å². The molecule has 0 saturated carbocycles. The fourth-order valence-electron chi connectivity index (χ4n) is 1.69. The highest BCUT2D eigenvalue weighted by Gasteiger charge is 2.11. The number of ether oxygens (including phenoxy) is 1. The summed E-state index contributed by atoms with van der Waals surface area (Å²) in [5.41, 5.74) is 2.41. The normalized spacial score (nSPS) is 10.1.